The molecule has 2 aromatic heterocycles. The number of carbonyl (C=O) groups is 1. The molecule has 0 atom stereocenters. The van der Waals surface area contributed by atoms with Crippen LogP contribution in [-0.2, 0) is 24.1 Å². The van der Waals surface area contributed by atoms with E-state index in [0.29, 0.717) is 22.6 Å². The van der Waals surface area contributed by atoms with Crippen LogP contribution in [0.3, 0.4) is 0 Å². The topological polar surface area (TPSA) is 51.2 Å². The molecule has 0 unspecified atom stereocenters. The Morgan fingerprint density at radius 2 is 1.72 bits per heavy atom. The zero-order valence-electron chi connectivity index (χ0n) is 23.9. The second-order valence-electron chi connectivity index (χ2n) is 10.4. The zero-order chi connectivity index (χ0) is 30.2. The van der Waals surface area contributed by atoms with E-state index >= 15 is 4.39 Å². The summed E-state index contributed by atoms with van der Waals surface area (Å²) in [6.07, 6.45) is 4.30. The first-order chi connectivity index (χ1) is 20.9. The van der Waals surface area contributed by atoms with Crippen molar-refractivity contribution in [2.45, 2.75) is 39.0 Å². The van der Waals surface area contributed by atoms with Crippen molar-refractivity contribution in [3.8, 4) is 21.9 Å². The Morgan fingerprint density at radius 1 is 0.907 bits per heavy atom. The maximum atomic E-state index is 15.2. The number of carbonyl (C=O) groups excluding carboxylic acids is 1. The molecule has 3 aromatic carbocycles. The van der Waals surface area contributed by atoms with Crippen molar-refractivity contribution in [2.75, 3.05) is 13.1 Å². The van der Waals surface area contributed by atoms with Gasteiger partial charge in [0, 0.05) is 41.3 Å². The van der Waals surface area contributed by atoms with E-state index in [4.69, 9.17) is 17.0 Å². The third-order valence-electron chi connectivity index (χ3n) is 6.93. The fraction of sp³-hybridized carbons (Fsp3) is 0.229. The van der Waals surface area contributed by atoms with E-state index in [-0.39, 0.29) is 30.2 Å². The third-order valence-corrected chi connectivity index (χ3v) is 8.41. The van der Waals surface area contributed by atoms with E-state index < -0.39 is 5.82 Å². The molecule has 43 heavy (non-hydrogen) atoms. The number of nitrogens with one attached hydrogen (secondary N) is 1. The van der Waals surface area contributed by atoms with Crippen LogP contribution in [0.25, 0.3) is 20.7 Å². The molecule has 5 rings (SSSR count). The highest BCUT2D eigenvalue weighted by Gasteiger charge is 2.15. The van der Waals surface area contributed by atoms with Gasteiger partial charge in [0.05, 0.1) is 10.2 Å². The third kappa shape index (κ3) is 8.38. The molecule has 8 heteroatoms. The maximum Gasteiger partial charge on any atom is 0.166 e. The van der Waals surface area contributed by atoms with Gasteiger partial charge in [0.15, 0.2) is 11.6 Å². The van der Waals surface area contributed by atoms with Crippen LogP contribution in [0.2, 0.25) is 0 Å². The number of rotatable bonds is 14. The van der Waals surface area contributed by atoms with Crippen molar-refractivity contribution in [3.63, 3.8) is 0 Å². The number of benzene rings is 3. The van der Waals surface area contributed by atoms with E-state index in [0.717, 1.165) is 52.2 Å². The van der Waals surface area contributed by atoms with Gasteiger partial charge in [-0.2, -0.15) is 0 Å². The zero-order valence-corrected chi connectivity index (χ0v) is 25.5. The van der Waals surface area contributed by atoms with Crippen molar-refractivity contribution >= 4 is 44.4 Å². The number of hydrogen-bond donors (Lipinski definition) is 1. The summed E-state index contributed by atoms with van der Waals surface area (Å²) in [6, 6.07) is 22.9. The lowest BCUT2D eigenvalue weighted by Crippen LogP contribution is -2.17. The largest absolute Gasteiger partial charge is 0.453 e. The summed E-state index contributed by atoms with van der Waals surface area (Å²) < 4.78 is 35.1. The van der Waals surface area contributed by atoms with Gasteiger partial charge >= 0.3 is 0 Å². The summed E-state index contributed by atoms with van der Waals surface area (Å²) in [5.41, 5.74) is 4.56. The molecule has 0 spiro atoms. The van der Waals surface area contributed by atoms with Gasteiger partial charge in [-0.05, 0) is 78.5 Å². The first kappa shape index (κ1) is 30.6. The maximum absolute atomic E-state index is 15.2. The van der Waals surface area contributed by atoms with Crippen molar-refractivity contribution in [1.29, 1.82) is 0 Å². The number of ether oxygens (including phenoxy) is 1. The van der Waals surface area contributed by atoms with E-state index in [9.17, 15) is 9.18 Å². The molecule has 0 radical (unpaired) electrons. The van der Waals surface area contributed by atoms with Gasteiger partial charge in [0.2, 0.25) is 0 Å². The number of thiocarbonyl (C=S) groups is 1. The molecule has 1 N–H and O–H groups in total. The summed E-state index contributed by atoms with van der Waals surface area (Å²) >= 11 is 6.99. The lowest BCUT2D eigenvalue weighted by atomic mass is 10.0. The molecule has 0 amide bonds. The van der Waals surface area contributed by atoms with Crippen LogP contribution in [0.1, 0.15) is 36.5 Å². The molecule has 4 nitrogen and oxygen atoms in total. The Bertz CT molecular complexity index is 1730. The molecule has 0 aliphatic carbocycles. The molecule has 0 bridgehead atoms. The Morgan fingerprint density at radius 3 is 2.51 bits per heavy atom. The number of ketones is 1. The lowest BCUT2D eigenvalue weighted by molar-refractivity contribution is -0.117. The van der Waals surface area contributed by atoms with E-state index in [1.165, 1.54) is 23.8 Å². The Hall–Kier alpha value is -3.85. The minimum Gasteiger partial charge on any atom is -0.453 e. The van der Waals surface area contributed by atoms with Crippen LogP contribution in [-0.4, -0.2) is 28.7 Å². The molecule has 0 aliphatic rings. The molecule has 220 valence electrons. The minimum atomic E-state index is -0.510. The minimum absolute atomic E-state index is 0.0650. The first-order valence-corrected chi connectivity index (χ1v) is 15.5. The number of fused-ring (bicyclic) bond motifs is 1. The van der Waals surface area contributed by atoms with Crippen LogP contribution < -0.4 is 10.1 Å². The van der Waals surface area contributed by atoms with Crippen molar-refractivity contribution in [2.24, 2.45) is 0 Å². The van der Waals surface area contributed by atoms with Gasteiger partial charge in [0.1, 0.15) is 17.3 Å². The highest BCUT2D eigenvalue weighted by molar-refractivity contribution is 7.80. The molecular weight excluding hydrogens is 583 g/mol. The fourth-order valence-corrected chi connectivity index (χ4v) is 6.20. The van der Waals surface area contributed by atoms with E-state index in [2.05, 4.69) is 41.5 Å². The SMILES string of the molecule is CCCNCCc1cccc(-c2cc3nccc(Oc4ccc(CC(=S)CC(=O)Cc5ccc(F)cc5)cc4F)c3s2)c1. The number of thiophene rings is 1. The highest BCUT2D eigenvalue weighted by Crippen LogP contribution is 2.39. The normalized spacial score (nSPS) is 11.1. The van der Waals surface area contributed by atoms with Crippen molar-refractivity contribution in [1.82, 2.24) is 10.3 Å². The van der Waals surface area contributed by atoms with Crippen LogP contribution in [0, 0.1) is 11.6 Å². The summed E-state index contributed by atoms with van der Waals surface area (Å²) in [7, 11) is 0. The van der Waals surface area contributed by atoms with Gasteiger partial charge in [-0.3, -0.25) is 9.78 Å². The standard InChI is InChI=1S/C35H32F2N2O2S2/c1-2-14-38-15-12-23-4-3-5-26(17-23)34-22-31-35(43-34)33(13-16-39-31)41-32-11-8-25(20-30(32)37)19-29(42)21-28(40)18-24-6-9-27(36)10-7-24/h3-11,13,16-17,20,22,38H,2,12,14-15,18-19,21H2,1H3. The summed E-state index contributed by atoms with van der Waals surface area (Å²) in [6.45, 7) is 4.12. The van der Waals surface area contributed by atoms with Gasteiger partial charge in [-0.25, -0.2) is 8.78 Å². The second kappa shape index (κ2) is 14.6. The van der Waals surface area contributed by atoms with Crippen LogP contribution in [0.4, 0.5) is 8.78 Å². The highest BCUT2D eigenvalue weighted by atomic mass is 32.1. The van der Waals surface area contributed by atoms with Gasteiger partial charge in [-0.15, -0.1) is 11.3 Å². The number of halogens is 2. The predicted molar refractivity (Wildman–Crippen MR) is 174 cm³/mol. The Kier molecular flexibility index (Phi) is 10.4. The second-order valence-corrected chi connectivity index (χ2v) is 12.1. The van der Waals surface area contributed by atoms with Crippen LogP contribution in [0.15, 0.2) is 85.1 Å². The summed E-state index contributed by atoms with van der Waals surface area (Å²) in [4.78, 5) is 18.5. The Balaban J connectivity index is 1.24. The molecule has 5 aromatic rings. The first-order valence-electron chi connectivity index (χ1n) is 14.3. The van der Waals surface area contributed by atoms with Gasteiger partial charge < -0.3 is 10.1 Å². The summed E-state index contributed by atoms with van der Waals surface area (Å²) in [5.74, 6) is -0.281. The van der Waals surface area contributed by atoms with Gasteiger partial charge in [-0.1, -0.05) is 61.6 Å². The van der Waals surface area contributed by atoms with Crippen molar-refractivity contribution in [3.05, 3.63) is 113 Å². The lowest BCUT2D eigenvalue weighted by Gasteiger charge is -2.10. The Labute approximate surface area is 259 Å². The number of hydrogen-bond acceptors (Lipinski definition) is 6. The number of pyridine rings is 1. The molecule has 0 fully saturated rings. The molecule has 0 aliphatic heterocycles. The number of aromatic nitrogens is 1. The average molecular weight is 615 g/mol. The predicted octanol–water partition coefficient (Wildman–Crippen LogP) is 8.69. The average Bonchev–Trinajstić information content (AvgIpc) is 3.44. The quantitative estimate of drug-likeness (QED) is 0.100. The molecule has 0 saturated carbocycles. The van der Waals surface area contributed by atoms with Crippen LogP contribution >= 0.6 is 23.6 Å². The van der Waals surface area contributed by atoms with Gasteiger partial charge in [0.25, 0.3) is 0 Å². The summed E-state index contributed by atoms with van der Waals surface area (Å²) in [5, 5.41) is 3.44. The molecular formula is C35H32F2N2O2S2. The molecule has 0 saturated heterocycles. The molecule has 2 heterocycles. The van der Waals surface area contributed by atoms with E-state index in [1.807, 2.05) is 6.07 Å². The van der Waals surface area contributed by atoms with E-state index in [1.54, 1.807) is 47.9 Å². The van der Waals surface area contributed by atoms with Crippen molar-refractivity contribution < 1.29 is 18.3 Å². The number of Topliss-reactive ketones (excluding diaryl/α,β-unsaturated/α-hetero) is 1. The smallest absolute Gasteiger partial charge is 0.166 e. The fourth-order valence-electron chi connectivity index (χ4n) is 4.81. The number of nitrogens with zero attached hydrogens (tertiary/aromatic N) is 1. The monoisotopic (exact) mass is 614 g/mol. The van der Waals surface area contributed by atoms with Crippen LogP contribution in [0.5, 0.6) is 11.5 Å².